The second-order valence-corrected chi connectivity index (χ2v) is 5.17. The van der Waals surface area contributed by atoms with Crippen LogP contribution in [-0.4, -0.2) is 4.98 Å². The maximum Gasteiger partial charge on any atom is 0.130 e. The van der Waals surface area contributed by atoms with E-state index >= 15 is 0 Å². The van der Waals surface area contributed by atoms with Crippen molar-refractivity contribution in [1.29, 1.82) is 10.5 Å². The monoisotopic (exact) mass is 275 g/mol. The fourth-order valence-electron chi connectivity index (χ4n) is 2.16. The van der Waals surface area contributed by atoms with Crippen molar-refractivity contribution in [3.63, 3.8) is 0 Å². The largest absolute Gasteiger partial charge is 0.353 e. The summed E-state index contributed by atoms with van der Waals surface area (Å²) in [6.45, 7) is 0. The van der Waals surface area contributed by atoms with Crippen LogP contribution in [0.2, 0.25) is 0 Å². The van der Waals surface area contributed by atoms with Gasteiger partial charge in [0.05, 0.1) is 10.6 Å². The Kier molecular flexibility index (Phi) is 3.09. The lowest BCUT2D eigenvalue weighted by Gasteiger charge is -1.97. The number of nitrogens with zero attached hydrogens (tertiary/aromatic N) is 2. The van der Waals surface area contributed by atoms with Crippen LogP contribution >= 0.6 is 11.3 Å². The average Bonchev–Trinajstić information content (AvgIpc) is 3.12. The Morgan fingerprint density at radius 1 is 1.10 bits per heavy atom. The van der Waals surface area contributed by atoms with Gasteiger partial charge in [-0.25, -0.2) is 0 Å². The molecule has 3 aromatic rings. The van der Waals surface area contributed by atoms with Gasteiger partial charge in [-0.3, -0.25) is 0 Å². The molecule has 4 heteroatoms. The highest BCUT2D eigenvalue weighted by atomic mass is 32.1. The zero-order valence-corrected chi connectivity index (χ0v) is 11.2. The number of allylic oxidation sites excluding steroid dienone is 1. The van der Waals surface area contributed by atoms with Gasteiger partial charge in [0, 0.05) is 16.5 Å². The number of aromatic amines is 1. The molecular weight excluding hydrogens is 266 g/mol. The molecule has 1 N–H and O–H groups in total. The SMILES string of the molecule is N#CC(C#N)=Cc1c(-c2cccs2)[nH]c2ccccc12. The minimum absolute atomic E-state index is 0.104. The minimum Gasteiger partial charge on any atom is -0.353 e. The molecule has 0 amide bonds. The molecular formula is C16H9N3S. The first-order valence-corrected chi connectivity index (χ1v) is 6.88. The Morgan fingerprint density at radius 2 is 1.90 bits per heavy atom. The van der Waals surface area contributed by atoms with Crippen molar-refractivity contribution in [1.82, 2.24) is 4.98 Å². The normalized spacial score (nSPS) is 9.90. The maximum atomic E-state index is 8.97. The summed E-state index contributed by atoms with van der Waals surface area (Å²) in [6.07, 6.45) is 1.65. The summed E-state index contributed by atoms with van der Waals surface area (Å²) in [4.78, 5) is 4.45. The third kappa shape index (κ3) is 1.99. The molecule has 0 atom stereocenters. The summed E-state index contributed by atoms with van der Waals surface area (Å²) in [6, 6.07) is 15.7. The molecule has 0 saturated carbocycles. The lowest BCUT2D eigenvalue weighted by atomic mass is 10.1. The molecule has 2 aromatic heterocycles. The van der Waals surface area contributed by atoms with Crippen molar-refractivity contribution in [2.24, 2.45) is 0 Å². The van der Waals surface area contributed by atoms with Crippen molar-refractivity contribution < 1.29 is 0 Å². The van der Waals surface area contributed by atoms with Crippen LogP contribution in [0.5, 0.6) is 0 Å². The fraction of sp³-hybridized carbons (Fsp3) is 0. The molecule has 94 valence electrons. The first-order chi connectivity index (χ1) is 9.83. The van der Waals surface area contributed by atoms with Gasteiger partial charge < -0.3 is 4.98 Å². The summed E-state index contributed by atoms with van der Waals surface area (Å²) in [5, 5.41) is 21.0. The number of nitrogens with one attached hydrogen (secondary N) is 1. The van der Waals surface area contributed by atoms with Gasteiger partial charge in [-0.05, 0) is 23.6 Å². The van der Waals surface area contributed by atoms with Crippen molar-refractivity contribution >= 4 is 28.3 Å². The van der Waals surface area contributed by atoms with Gasteiger partial charge in [-0.2, -0.15) is 10.5 Å². The topological polar surface area (TPSA) is 63.4 Å². The van der Waals surface area contributed by atoms with Gasteiger partial charge in [0.2, 0.25) is 0 Å². The molecule has 0 bridgehead atoms. The van der Waals surface area contributed by atoms with Crippen LogP contribution in [0.1, 0.15) is 5.56 Å². The van der Waals surface area contributed by atoms with Crippen LogP contribution in [0.3, 0.4) is 0 Å². The molecule has 0 saturated heterocycles. The second kappa shape index (κ2) is 5.05. The van der Waals surface area contributed by atoms with Gasteiger partial charge >= 0.3 is 0 Å². The highest BCUT2D eigenvalue weighted by Gasteiger charge is 2.12. The van der Waals surface area contributed by atoms with Crippen molar-refractivity contribution in [3.05, 3.63) is 52.9 Å². The number of rotatable bonds is 2. The molecule has 3 nitrogen and oxygen atoms in total. The quantitative estimate of drug-likeness (QED) is 0.707. The zero-order valence-electron chi connectivity index (χ0n) is 10.4. The van der Waals surface area contributed by atoms with E-state index in [9.17, 15) is 0 Å². The predicted molar refractivity (Wildman–Crippen MR) is 80.8 cm³/mol. The fourth-order valence-corrected chi connectivity index (χ4v) is 2.90. The van der Waals surface area contributed by atoms with Crippen molar-refractivity contribution in [2.75, 3.05) is 0 Å². The second-order valence-electron chi connectivity index (χ2n) is 4.22. The molecule has 0 radical (unpaired) electrons. The van der Waals surface area contributed by atoms with Gasteiger partial charge in [0.15, 0.2) is 0 Å². The van der Waals surface area contributed by atoms with Gasteiger partial charge in [0.1, 0.15) is 17.7 Å². The first kappa shape index (κ1) is 12.2. The number of hydrogen-bond donors (Lipinski definition) is 1. The third-order valence-corrected chi connectivity index (χ3v) is 3.93. The van der Waals surface area contributed by atoms with Crippen LogP contribution in [0.25, 0.3) is 27.6 Å². The molecule has 0 fully saturated rings. The third-order valence-electron chi connectivity index (χ3n) is 3.04. The Hall–Kier alpha value is -2.82. The van der Waals surface area contributed by atoms with E-state index in [2.05, 4.69) is 4.98 Å². The van der Waals surface area contributed by atoms with E-state index in [4.69, 9.17) is 10.5 Å². The molecule has 0 aliphatic carbocycles. The standard InChI is InChI=1S/C16H9N3S/c17-9-11(10-18)8-13-12-4-1-2-5-14(12)19-16(13)15-6-3-7-20-15/h1-8,19H. The van der Waals surface area contributed by atoms with E-state index in [-0.39, 0.29) is 5.57 Å². The molecule has 0 aliphatic heterocycles. The molecule has 0 aliphatic rings. The van der Waals surface area contributed by atoms with Crippen molar-refractivity contribution in [3.8, 4) is 22.7 Å². The predicted octanol–water partition coefficient (Wildman–Crippen LogP) is 4.33. The molecule has 1 aromatic carbocycles. The Balaban J connectivity index is 2.33. The molecule has 20 heavy (non-hydrogen) atoms. The highest BCUT2D eigenvalue weighted by molar-refractivity contribution is 7.13. The lowest BCUT2D eigenvalue weighted by molar-refractivity contribution is 1.46. The average molecular weight is 275 g/mol. The van der Waals surface area contributed by atoms with E-state index in [1.54, 1.807) is 17.4 Å². The summed E-state index contributed by atoms with van der Waals surface area (Å²) < 4.78 is 0. The van der Waals surface area contributed by atoms with Crippen molar-refractivity contribution in [2.45, 2.75) is 0 Å². The van der Waals surface area contributed by atoms with E-state index in [1.165, 1.54) is 0 Å². The van der Waals surface area contributed by atoms with Crippen LogP contribution in [0.4, 0.5) is 0 Å². The van der Waals surface area contributed by atoms with Gasteiger partial charge in [0.25, 0.3) is 0 Å². The van der Waals surface area contributed by atoms with Crippen LogP contribution in [0.15, 0.2) is 47.4 Å². The number of benzene rings is 1. The number of para-hydroxylation sites is 1. The Bertz CT molecular complexity index is 855. The van der Waals surface area contributed by atoms with Crippen LogP contribution in [-0.2, 0) is 0 Å². The first-order valence-electron chi connectivity index (χ1n) is 6.00. The number of H-pyrrole nitrogens is 1. The van der Waals surface area contributed by atoms with Crippen LogP contribution < -0.4 is 0 Å². The smallest absolute Gasteiger partial charge is 0.130 e. The van der Waals surface area contributed by atoms with Gasteiger partial charge in [-0.1, -0.05) is 24.3 Å². The summed E-state index contributed by atoms with van der Waals surface area (Å²) in [5.41, 5.74) is 2.94. The number of aromatic nitrogens is 1. The molecule has 0 spiro atoms. The molecule has 2 heterocycles. The number of hydrogen-bond acceptors (Lipinski definition) is 3. The van der Waals surface area contributed by atoms with Gasteiger partial charge in [-0.15, -0.1) is 11.3 Å². The summed E-state index contributed by atoms with van der Waals surface area (Å²) in [5.74, 6) is 0. The number of fused-ring (bicyclic) bond motifs is 1. The Labute approximate surface area is 120 Å². The van der Waals surface area contributed by atoms with E-state index in [0.717, 1.165) is 27.0 Å². The number of thiophene rings is 1. The summed E-state index contributed by atoms with van der Waals surface area (Å²) in [7, 11) is 0. The van der Waals surface area contributed by atoms with E-state index in [1.807, 2.05) is 53.9 Å². The van der Waals surface area contributed by atoms with E-state index in [0.29, 0.717) is 0 Å². The maximum absolute atomic E-state index is 8.97. The van der Waals surface area contributed by atoms with Crippen LogP contribution in [0, 0.1) is 22.7 Å². The van der Waals surface area contributed by atoms with E-state index < -0.39 is 0 Å². The minimum atomic E-state index is 0.104. The highest BCUT2D eigenvalue weighted by Crippen LogP contribution is 2.34. The Morgan fingerprint density at radius 3 is 2.60 bits per heavy atom. The zero-order chi connectivity index (χ0) is 13.9. The molecule has 0 unspecified atom stereocenters. The molecule has 3 rings (SSSR count). The summed E-state index contributed by atoms with van der Waals surface area (Å²) >= 11 is 1.62. The number of nitriles is 2. The lowest BCUT2D eigenvalue weighted by Crippen LogP contribution is -1.79.